The van der Waals surface area contributed by atoms with Gasteiger partial charge in [-0.15, -0.1) is 0 Å². The molecule has 25 heavy (non-hydrogen) atoms. The van der Waals surface area contributed by atoms with E-state index in [1.54, 1.807) is 17.8 Å². The topological polar surface area (TPSA) is 0 Å². The molecule has 0 saturated carbocycles. The maximum atomic E-state index is 13.2. The van der Waals surface area contributed by atoms with Gasteiger partial charge in [0.15, 0.2) is 0 Å². The van der Waals surface area contributed by atoms with Gasteiger partial charge >= 0.3 is 6.18 Å². The van der Waals surface area contributed by atoms with Crippen LogP contribution in [0.4, 0.5) is 13.2 Å². The van der Waals surface area contributed by atoms with Crippen molar-refractivity contribution in [1.29, 1.82) is 0 Å². The molecule has 0 unspecified atom stereocenters. The quantitative estimate of drug-likeness (QED) is 0.395. The maximum Gasteiger partial charge on any atom is 0.416 e. The van der Waals surface area contributed by atoms with E-state index in [2.05, 4.69) is 37.9 Å². The second-order valence-corrected chi connectivity index (χ2v) is 8.31. The fourth-order valence-electron chi connectivity index (χ4n) is 3.04. The normalized spacial score (nSPS) is 14.1. The van der Waals surface area contributed by atoms with Gasteiger partial charge in [0.2, 0.25) is 0 Å². The van der Waals surface area contributed by atoms with E-state index >= 15 is 0 Å². The van der Waals surface area contributed by atoms with Crippen LogP contribution >= 0.6 is 43.6 Å². The summed E-state index contributed by atoms with van der Waals surface area (Å²) >= 11 is 8.50. The van der Waals surface area contributed by atoms with Gasteiger partial charge in [-0.25, -0.2) is 0 Å². The number of alkyl halides is 5. The molecule has 0 aliphatic carbocycles. The molecule has 0 spiro atoms. The number of hydrogen-bond acceptors (Lipinski definition) is 1. The molecule has 0 radical (unpaired) electrons. The molecule has 3 rings (SSSR count). The molecule has 6 heteroatoms. The summed E-state index contributed by atoms with van der Waals surface area (Å²) in [4.78, 5) is 1.96. The second-order valence-electron chi connectivity index (χ2n) is 5.64. The van der Waals surface area contributed by atoms with Crippen LogP contribution in [0.2, 0.25) is 0 Å². The first-order valence-electron chi connectivity index (χ1n) is 7.78. The van der Waals surface area contributed by atoms with Crippen LogP contribution < -0.4 is 0 Å². The summed E-state index contributed by atoms with van der Waals surface area (Å²) in [5.74, 6) is 0. The lowest BCUT2D eigenvalue weighted by Gasteiger charge is -2.16. The van der Waals surface area contributed by atoms with E-state index < -0.39 is 11.7 Å². The molecule has 0 bridgehead atoms. The van der Waals surface area contributed by atoms with Crippen LogP contribution in [0.3, 0.4) is 0 Å². The Morgan fingerprint density at radius 3 is 2.04 bits per heavy atom. The van der Waals surface area contributed by atoms with Crippen molar-refractivity contribution in [3.8, 4) is 0 Å². The van der Waals surface area contributed by atoms with Gasteiger partial charge in [0.05, 0.1) is 5.56 Å². The minimum atomic E-state index is -4.34. The molecule has 0 amide bonds. The molecule has 0 saturated heterocycles. The number of hydrogen-bond donors (Lipinski definition) is 0. The first-order chi connectivity index (χ1) is 12.0. The van der Waals surface area contributed by atoms with Crippen molar-refractivity contribution in [1.82, 2.24) is 0 Å². The lowest BCUT2D eigenvalue weighted by Crippen LogP contribution is -2.06. The first kappa shape index (κ1) is 19.1. The fraction of sp³-hybridized carbons (Fsp3) is 0.263. The van der Waals surface area contributed by atoms with Crippen LogP contribution in [0.25, 0.3) is 11.1 Å². The number of allylic oxidation sites excluding steroid dienone is 2. The number of fused-ring (bicyclic) bond motifs is 2. The Hall–Kier alpha value is -0.720. The predicted octanol–water partition coefficient (Wildman–Crippen LogP) is 7.65. The minimum absolute atomic E-state index is 0.594. The molecule has 1 aliphatic heterocycles. The lowest BCUT2D eigenvalue weighted by atomic mass is 9.90. The molecular formula is C19H15Br2F3S. The monoisotopic (exact) mass is 490 g/mol. The summed E-state index contributed by atoms with van der Waals surface area (Å²) in [6.07, 6.45) is -2.88. The van der Waals surface area contributed by atoms with E-state index in [1.807, 2.05) is 18.2 Å². The van der Waals surface area contributed by atoms with Crippen molar-refractivity contribution in [2.45, 2.75) is 28.8 Å². The maximum absolute atomic E-state index is 13.2. The minimum Gasteiger partial charge on any atom is -0.166 e. The Labute approximate surface area is 166 Å². The van der Waals surface area contributed by atoms with Crippen molar-refractivity contribution in [3.63, 3.8) is 0 Å². The van der Waals surface area contributed by atoms with Crippen molar-refractivity contribution >= 4 is 54.8 Å². The summed E-state index contributed by atoms with van der Waals surface area (Å²) < 4.78 is 39.7. The van der Waals surface area contributed by atoms with Gasteiger partial charge in [-0.05, 0) is 59.4 Å². The van der Waals surface area contributed by atoms with Gasteiger partial charge in [-0.2, -0.15) is 13.2 Å². The van der Waals surface area contributed by atoms with Crippen LogP contribution in [-0.4, -0.2) is 10.7 Å². The highest BCUT2D eigenvalue weighted by atomic mass is 79.9. The molecule has 1 heterocycles. The zero-order chi connectivity index (χ0) is 18.0. The van der Waals surface area contributed by atoms with Crippen molar-refractivity contribution in [2.75, 3.05) is 10.7 Å². The molecule has 0 aromatic heterocycles. The van der Waals surface area contributed by atoms with Gasteiger partial charge in [-0.1, -0.05) is 61.8 Å². The smallest absolute Gasteiger partial charge is 0.166 e. The summed E-state index contributed by atoms with van der Waals surface area (Å²) in [6, 6.07) is 12.1. The Kier molecular flexibility index (Phi) is 6.01. The second kappa shape index (κ2) is 7.89. The van der Waals surface area contributed by atoms with Crippen molar-refractivity contribution in [3.05, 3.63) is 59.2 Å². The SMILES string of the molecule is FC(F)(F)c1ccc2c(c1)C(CCBr)=C(CCBr)c1ccccc1S2. The number of rotatable bonds is 4. The van der Waals surface area contributed by atoms with Crippen LogP contribution in [0.15, 0.2) is 52.3 Å². The third-order valence-electron chi connectivity index (χ3n) is 4.12. The highest BCUT2D eigenvalue weighted by Crippen LogP contribution is 2.47. The third-order valence-corrected chi connectivity index (χ3v) is 6.06. The molecule has 2 aromatic rings. The predicted molar refractivity (Wildman–Crippen MR) is 106 cm³/mol. The summed E-state index contributed by atoms with van der Waals surface area (Å²) in [5, 5.41) is 1.47. The number of benzene rings is 2. The van der Waals surface area contributed by atoms with Crippen molar-refractivity contribution < 1.29 is 13.2 Å². The zero-order valence-electron chi connectivity index (χ0n) is 13.2. The molecule has 2 aromatic carbocycles. The molecule has 132 valence electrons. The van der Waals surface area contributed by atoms with E-state index in [0.29, 0.717) is 17.3 Å². The van der Waals surface area contributed by atoms with Crippen molar-refractivity contribution in [2.24, 2.45) is 0 Å². The van der Waals surface area contributed by atoms with Crippen LogP contribution in [0.1, 0.15) is 29.5 Å². The molecule has 0 fully saturated rings. The van der Waals surface area contributed by atoms with E-state index in [-0.39, 0.29) is 0 Å². The largest absolute Gasteiger partial charge is 0.416 e. The first-order valence-corrected chi connectivity index (χ1v) is 10.8. The molecule has 0 atom stereocenters. The molecular weight excluding hydrogens is 477 g/mol. The van der Waals surface area contributed by atoms with Gasteiger partial charge in [0, 0.05) is 20.5 Å². The zero-order valence-corrected chi connectivity index (χ0v) is 17.2. The highest BCUT2D eigenvalue weighted by molar-refractivity contribution is 9.09. The Bertz CT molecular complexity index is 813. The Morgan fingerprint density at radius 2 is 1.40 bits per heavy atom. The molecule has 0 N–H and O–H groups in total. The average molecular weight is 492 g/mol. The molecule has 1 aliphatic rings. The van der Waals surface area contributed by atoms with Gasteiger partial charge < -0.3 is 0 Å². The standard InChI is InChI=1S/C19H15Br2F3S/c20-9-7-13-14(8-10-21)16-11-12(19(22,23)24)5-6-18(16)25-17-4-2-1-3-15(13)17/h1-6,11H,7-10H2. The van der Waals surface area contributed by atoms with Crippen LogP contribution in [0, 0.1) is 0 Å². The highest BCUT2D eigenvalue weighted by Gasteiger charge is 2.32. The van der Waals surface area contributed by atoms with E-state index in [0.717, 1.165) is 38.3 Å². The van der Waals surface area contributed by atoms with Crippen LogP contribution in [0.5, 0.6) is 0 Å². The van der Waals surface area contributed by atoms with E-state index in [1.165, 1.54) is 12.1 Å². The third kappa shape index (κ3) is 4.01. The summed E-state index contributed by atoms with van der Waals surface area (Å²) in [7, 11) is 0. The lowest BCUT2D eigenvalue weighted by molar-refractivity contribution is -0.137. The van der Waals surface area contributed by atoms with Crippen LogP contribution in [-0.2, 0) is 6.18 Å². The molecule has 0 nitrogen and oxygen atoms in total. The summed E-state index contributed by atoms with van der Waals surface area (Å²) in [6.45, 7) is 0. The van der Waals surface area contributed by atoms with E-state index in [9.17, 15) is 13.2 Å². The number of halogens is 5. The average Bonchev–Trinajstić information content (AvgIpc) is 2.70. The summed E-state index contributed by atoms with van der Waals surface area (Å²) in [5.41, 5.74) is 3.34. The Morgan fingerprint density at radius 1 is 0.800 bits per heavy atom. The fourth-order valence-corrected chi connectivity index (χ4v) is 4.95. The van der Waals surface area contributed by atoms with Gasteiger partial charge in [0.1, 0.15) is 0 Å². The van der Waals surface area contributed by atoms with Gasteiger partial charge in [0.25, 0.3) is 0 Å². The van der Waals surface area contributed by atoms with Gasteiger partial charge in [-0.3, -0.25) is 0 Å². The Balaban J connectivity index is 2.29. The van der Waals surface area contributed by atoms with E-state index in [4.69, 9.17) is 0 Å².